The minimum atomic E-state index is 0.261. The Bertz CT molecular complexity index is 309. The van der Waals surface area contributed by atoms with E-state index >= 15 is 0 Å². The molecule has 1 saturated heterocycles. The smallest absolute Gasteiger partial charge is 0.0496 e. The Morgan fingerprint density at radius 1 is 1.40 bits per heavy atom. The third kappa shape index (κ3) is 2.67. The Kier molecular flexibility index (Phi) is 3.92. The number of halogens is 1. The van der Waals surface area contributed by atoms with Gasteiger partial charge in [0.1, 0.15) is 0 Å². The van der Waals surface area contributed by atoms with E-state index in [2.05, 4.69) is 17.6 Å². The molecule has 1 aliphatic rings. The molecule has 1 fully saturated rings. The van der Waals surface area contributed by atoms with E-state index in [1.807, 2.05) is 23.9 Å². The first-order chi connectivity index (χ1) is 7.31. The molecular formula is C11H15ClN2S. The van der Waals surface area contributed by atoms with Gasteiger partial charge in [-0.1, -0.05) is 23.7 Å². The highest BCUT2D eigenvalue weighted by Crippen LogP contribution is 2.33. The van der Waals surface area contributed by atoms with Gasteiger partial charge < -0.3 is 0 Å². The molecule has 0 aromatic heterocycles. The SMILES string of the molecule is NNC(c1ccc(Cl)cc1)C1CCSC1. The molecule has 1 aliphatic heterocycles. The molecule has 0 radical (unpaired) electrons. The van der Waals surface area contributed by atoms with Crippen LogP contribution in [0.2, 0.25) is 5.02 Å². The second kappa shape index (κ2) is 5.21. The fraction of sp³-hybridized carbons (Fsp3) is 0.455. The molecule has 82 valence electrons. The van der Waals surface area contributed by atoms with Gasteiger partial charge in [0, 0.05) is 11.1 Å². The summed E-state index contributed by atoms with van der Waals surface area (Å²) in [6.07, 6.45) is 1.24. The summed E-state index contributed by atoms with van der Waals surface area (Å²) < 4.78 is 0. The van der Waals surface area contributed by atoms with E-state index in [4.69, 9.17) is 17.4 Å². The normalized spacial score (nSPS) is 22.9. The number of thioether (sulfide) groups is 1. The first-order valence-corrected chi connectivity index (χ1v) is 6.64. The molecule has 2 nitrogen and oxygen atoms in total. The zero-order chi connectivity index (χ0) is 10.7. The summed E-state index contributed by atoms with van der Waals surface area (Å²) in [6.45, 7) is 0. The van der Waals surface area contributed by atoms with Gasteiger partial charge >= 0.3 is 0 Å². The van der Waals surface area contributed by atoms with Gasteiger partial charge in [-0.05, 0) is 41.5 Å². The molecule has 15 heavy (non-hydrogen) atoms. The fourth-order valence-electron chi connectivity index (χ4n) is 1.99. The quantitative estimate of drug-likeness (QED) is 0.632. The van der Waals surface area contributed by atoms with E-state index in [0.717, 1.165) is 5.02 Å². The number of hydrogen-bond acceptors (Lipinski definition) is 3. The van der Waals surface area contributed by atoms with Crippen LogP contribution in [0.1, 0.15) is 18.0 Å². The molecule has 1 aromatic rings. The molecule has 0 bridgehead atoms. The molecule has 0 saturated carbocycles. The summed E-state index contributed by atoms with van der Waals surface area (Å²) >= 11 is 7.87. The van der Waals surface area contributed by atoms with Gasteiger partial charge in [-0.25, -0.2) is 0 Å². The number of hydrazine groups is 1. The maximum Gasteiger partial charge on any atom is 0.0496 e. The van der Waals surface area contributed by atoms with Crippen LogP contribution in [0.5, 0.6) is 0 Å². The maximum absolute atomic E-state index is 5.86. The van der Waals surface area contributed by atoms with Crippen LogP contribution in [-0.2, 0) is 0 Å². The lowest BCUT2D eigenvalue weighted by atomic mass is 9.93. The molecular weight excluding hydrogens is 228 g/mol. The van der Waals surface area contributed by atoms with Gasteiger partial charge in [-0.15, -0.1) is 0 Å². The second-order valence-corrected chi connectivity index (χ2v) is 5.41. The standard InChI is InChI=1S/C11H15ClN2S/c12-10-3-1-8(2-4-10)11(14-13)9-5-6-15-7-9/h1-4,9,11,14H,5-7,13H2. The zero-order valence-electron chi connectivity index (χ0n) is 8.45. The van der Waals surface area contributed by atoms with Crippen LogP contribution in [0.4, 0.5) is 0 Å². The van der Waals surface area contributed by atoms with Gasteiger partial charge in [0.2, 0.25) is 0 Å². The van der Waals surface area contributed by atoms with E-state index < -0.39 is 0 Å². The fourth-order valence-corrected chi connectivity index (χ4v) is 3.41. The number of nitrogens with one attached hydrogen (secondary N) is 1. The van der Waals surface area contributed by atoms with E-state index in [-0.39, 0.29) is 6.04 Å². The monoisotopic (exact) mass is 242 g/mol. The molecule has 1 aromatic carbocycles. The van der Waals surface area contributed by atoms with Gasteiger partial charge in [-0.2, -0.15) is 11.8 Å². The maximum atomic E-state index is 5.86. The van der Waals surface area contributed by atoms with Crippen LogP contribution >= 0.6 is 23.4 Å². The van der Waals surface area contributed by atoms with Crippen LogP contribution in [0.25, 0.3) is 0 Å². The van der Waals surface area contributed by atoms with E-state index in [1.54, 1.807) is 0 Å². The molecule has 2 rings (SSSR count). The van der Waals surface area contributed by atoms with Gasteiger partial charge in [0.05, 0.1) is 0 Å². The summed E-state index contributed by atoms with van der Waals surface area (Å²) in [7, 11) is 0. The van der Waals surface area contributed by atoms with Crippen LogP contribution in [0.15, 0.2) is 24.3 Å². The Morgan fingerprint density at radius 3 is 2.67 bits per heavy atom. The van der Waals surface area contributed by atoms with Gasteiger partial charge in [0.15, 0.2) is 0 Å². The average molecular weight is 243 g/mol. The highest BCUT2D eigenvalue weighted by atomic mass is 35.5. The largest absolute Gasteiger partial charge is 0.271 e. The topological polar surface area (TPSA) is 38.0 Å². The first kappa shape index (κ1) is 11.3. The highest BCUT2D eigenvalue weighted by molar-refractivity contribution is 7.99. The first-order valence-electron chi connectivity index (χ1n) is 5.10. The second-order valence-electron chi connectivity index (χ2n) is 3.82. The summed E-state index contributed by atoms with van der Waals surface area (Å²) in [5.74, 6) is 8.71. The molecule has 4 heteroatoms. The predicted octanol–water partition coefficient (Wildman–Crippen LogP) is 2.60. The predicted molar refractivity (Wildman–Crippen MR) is 66.9 cm³/mol. The van der Waals surface area contributed by atoms with Gasteiger partial charge in [-0.3, -0.25) is 11.3 Å². The van der Waals surface area contributed by atoms with Crippen LogP contribution in [0.3, 0.4) is 0 Å². The Hall–Kier alpha value is -0.220. The van der Waals surface area contributed by atoms with Crippen molar-refractivity contribution >= 4 is 23.4 Å². The van der Waals surface area contributed by atoms with E-state index in [0.29, 0.717) is 5.92 Å². The summed E-state index contributed by atoms with van der Waals surface area (Å²) in [5.41, 5.74) is 4.15. The van der Waals surface area contributed by atoms with E-state index in [9.17, 15) is 0 Å². The molecule has 0 amide bonds. The lowest BCUT2D eigenvalue weighted by Gasteiger charge is -2.22. The van der Waals surface area contributed by atoms with Crippen molar-refractivity contribution in [3.63, 3.8) is 0 Å². The Morgan fingerprint density at radius 2 is 2.13 bits per heavy atom. The van der Waals surface area contributed by atoms with Crippen molar-refractivity contribution < 1.29 is 0 Å². The molecule has 2 atom stereocenters. The van der Waals surface area contributed by atoms with Crippen molar-refractivity contribution in [2.75, 3.05) is 11.5 Å². The van der Waals surface area contributed by atoms with Crippen molar-refractivity contribution in [2.24, 2.45) is 11.8 Å². The summed E-state index contributed by atoms with van der Waals surface area (Å²) in [5, 5.41) is 0.773. The lowest BCUT2D eigenvalue weighted by molar-refractivity contribution is 0.400. The third-order valence-corrected chi connectivity index (χ3v) is 4.29. The average Bonchev–Trinajstić information content (AvgIpc) is 2.75. The molecule has 1 heterocycles. The Labute approximate surface area is 99.5 Å². The van der Waals surface area contributed by atoms with Crippen LogP contribution < -0.4 is 11.3 Å². The summed E-state index contributed by atoms with van der Waals surface area (Å²) in [6, 6.07) is 8.20. The Balaban J connectivity index is 2.14. The molecule has 2 unspecified atom stereocenters. The van der Waals surface area contributed by atoms with Crippen molar-refractivity contribution in [2.45, 2.75) is 12.5 Å². The summed E-state index contributed by atoms with van der Waals surface area (Å²) in [4.78, 5) is 0. The van der Waals surface area contributed by atoms with Crippen molar-refractivity contribution in [1.82, 2.24) is 5.43 Å². The van der Waals surface area contributed by atoms with Crippen molar-refractivity contribution in [3.05, 3.63) is 34.9 Å². The van der Waals surface area contributed by atoms with Crippen LogP contribution in [0, 0.1) is 5.92 Å². The number of rotatable bonds is 3. The van der Waals surface area contributed by atoms with Crippen molar-refractivity contribution in [1.29, 1.82) is 0 Å². The highest BCUT2D eigenvalue weighted by Gasteiger charge is 2.25. The lowest BCUT2D eigenvalue weighted by Crippen LogP contribution is -2.33. The number of hydrogen-bond donors (Lipinski definition) is 2. The molecule has 0 spiro atoms. The number of nitrogens with two attached hydrogens (primary N) is 1. The van der Waals surface area contributed by atoms with Crippen molar-refractivity contribution in [3.8, 4) is 0 Å². The number of benzene rings is 1. The third-order valence-electron chi connectivity index (χ3n) is 2.84. The minimum Gasteiger partial charge on any atom is -0.271 e. The molecule has 3 N–H and O–H groups in total. The molecule has 0 aliphatic carbocycles. The minimum absolute atomic E-state index is 0.261. The van der Waals surface area contributed by atoms with Gasteiger partial charge in [0.25, 0.3) is 0 Å². The van der Waals surface area contributed by atoms with E-state index in [1.165, 1.54) is 23.5 Å². The van der Waals surface area contributed by atoms with Crippen LogP contribution in [-0.4, -0.2) is 11.5 Å². The zero-order valence-corrected chi connectivity index (χ0v) is 10.0.